The summed E-state index contributed by atoms with van der Waals surface area (Å²) in [5.74, 6) is 1.79. The number of aromatic amines is 1. The molecule has 1 saturated heterocycles. The highest BCUT2D eigenvalue weighted by Gasteiger charge is 2.19. The number of rotatable bonds is 8. The molecule has 0 saturated carbocycles. The van der Waals surface area contributed by atoms with Crippen LogP contribution >= 0.6 is 0 Å². The minimum atomic E-state index is -0.123. The second-order valence-corrected chi connectivity index (χ2v) is 9.07. The third kappa shape index (κ3) is 5.78. The summed E-state index contributed by atoms with van der Waals surface area (Å²) in [5.41, 5.74) is 3.09. The van der Waals surface area contributed by atoms with Gasteiger partial charge in [-0.2, -0.15) is 0 Å². The average Bonchev–Trinajstić information content (AvgIpc) is 3.33. The number of hydrogen-bond acceptors (Lipinski definition) is 6. The Labute approximate surface area is 204 Å². The van der Waals surface area contributed by atoms with Crippen LogP contribution in [-0.4, -0.2) is 52.4 Å². The molecule has 180 valence electrons. The van der Waals surface area contributed by atoms with E-state index in [4.69, 9.17) is 4.74 Å². The Hall–Kier alpha value is -3.91. The van der Waals surface area contributed by atoms with Gasteiger partial charge in [0.2, 0.25) is 0 Å². The molecule has 5 rings (SSSR count). The van der Waals surface area contributed by atoms with Crippen molar-refractivity contribution >= 4 is 28.4 Å². The second kappa shape index (κ2) is 10.6. The van der Waals surface area contributed by atoms with Crippen molar-refractivity contribution in [2.75, 3.05) is 32.0 Å². The number of aromatic nitrogens is 3. The number of nitrogens with zero attached hydrogens (tertiary/aromatic N) is 3. The van der Waals surface area contributed by atoms with Gasteiger partial charge in [0.15, 0.2) is 0 Å². The summed E-state index contributed by atoms with van der Waals surface area (Å²) in [6, 6.07) is 19.6. The Bertz CT molecular complexity index is 1270. The summed E-state index contributed by atoms with van der Waals surface area (Å²) >= 11 is 0. The molecular formula is C27H30N6O2. The van der Waals surface area contributed by atoms with Gasteiger partial charge in [0, 0.05) is 18.8 Å². The molecule has 1 atom stereocenters. The minimum absolute atomic E-state index is 0.123. The predicted molar refractivity (Wildman–Crippen MR) is 137 cm³/mol. The molecule has 0 bridgehead atoms. The van der Waals surface area contributed by atoms with Gasteiger partial charge in [-0.3, -0.25) is 4.79 Å². The molecule has 1 aliphatic heterocycles. The van der Waals surface area contributed by atoms with Gasteiger partial charge in [-0.25, -0.2) is 9.97 Å². The molecule has 3 heterocycles. The number of likely N-dealkylation sites (tertiary alicyclic amines) is 1. The first kappa shape index (κ1) is 22.9. The molecule has 2 aromatic heterocycles. The zero-order valence-electron chi connectivity index (χ0n) is 19.8. The van der Waals surface area contributed by atoms with E-state index >= 15 is 0 Å². The van der Waals surface area contributed by atoms with Crippen molar-refractivity contribution in [3.63, 3.8) is 0 Å². The Morgan fingerprint density at radius 1 is 1.14 bits per heavy atom. The number of ether oxygens (including phenoxy) is 1. The number of benzene rings is 2. The molecule has 0 spiro atoms. The molecule has 35 heavy (non-hydrogen) atoms. The lowest BCUT2D eigenvalue weighted by atomic mass is 9.98. The van der Waals surface area contributed by atoms with Gasteiger partial charge in [-0.15, -0.1) is 0 Å². The lowest BCUT2D eigenvalue weighted by Gasteiger charge is -2.29. The molecule has 0 radical (unpaired) electrons. The summed E-state index contributed by atoms with van der Waals surface area (Å²) in [5, 5.41) is 7.16. The number of fused-ring (bicyclic) bond motifs is 1. The molecule has 1 amide bonds. The Kier molecular flexibility index (Phi) is 6.90. The fourth-order valence-corrected chi connectivity index (χ4v) is 4.45. The monoisotopic (exact) mass is 470 g/mol. The fourth-order valence-electron chi connectivity index (χ4n) is 4.45. The first-order valence-electron chi connectivity index (χ1n) is 12.0. The quantitative estimate of drug-likeness (QED) is 0.354. The van der Waals surface area contributed by atoms with E-state index in [9.17, 15) is 4.79 Å². The number of amides is 1. The molecule has 0 aliphatic carbocycles. The summed E-state index contributed by atoms with van der Waals surface area (Å²) in [6.07, 6.45) is 3.80. The normalized spacial score (nSPS) is 16.2. The van der Waals surface area contributed by atoms with Crippen LogP contribution in [0.5, 0.6) is 5.75 Å². The van der Waals surface area contributed by atoms with E-state index in [0.29, 0.717) is 36.2 Å². The van der Waals surface area contributed by atoms with Crippen LogP contribution in [0.3, 0.4) is 0 Å². The Balaban J connectivity index is 1.22. The van der Waals surface area contributed by atoms with Crippen molar-refractivity contribution in [1.82, 2.24) is 25.2 Å². The van der Waals surface area contributed by atoms with E-state index in [-0.39, 0.29) is 5.91 Å². The largest absolute Gasteiger partial charge is 0.489 e. The zero-order chi connectivity index (χ0) is 24.0. The number of hydrogen-bond donors (Lipinski definition) is 3. The summed E-state index contributed by atoms with van der Waals surface area (Å²) in [6.45, 7) is 3.34. The van der Waals surface area contributed by atoms with Gasteiger partial charge in [0.1, 0.15) is 35.8 Å². The number of anilines is 2. The van der Waals surface area contributed by atoms with Crippen molar-refractivity contribution in [3.8, 4) is 5.75 Å². The van der Waals surface area contributed by atoms with Crippen LogP contribution in [0.4, 0.5) is 11.5 Å². The number of piperidine rings is 1. The number of carbonyl (C=O) groups is 1. The molecular weight excluding hydrogens is 440 g/mol. The summed E-state index contributed by atoms with van der Waals surface area (Å²) in [4.78, 5) is 26.9. The highest BCUT2D eigenvalue weighted by Crippen LogP contribution is 2.25. The number of H-pyrrole nitrogens is 1. The standard InChI is InChI=1S/C27H30N6O2/c1-33-13-5-8-20(16-33)15-28-27(34)24-14-23-25(29-18-30-26(23)32-24)31-21-9-11-22(12-10-21)35-17-19-6-3-2-4-7-19/h2-4,6-7,9-12,14,18,20H,5,8,13,15-17H2,1H3,(H,28,34)(H2,29,30,31,32). The Morgan fingerprint density at radius 3 is 2.77 bits per heavy atom. The highest BCUT2D eigenvalue weighted by atomic mass is 16.5. The van der Waals surface area contributed by atoms with Gasteiger partial charge in [0.05, 0.1) is 5.39 Å². The molecule has 8 nitrogen and oxygen atoms in total. The smallest absolute Gasteiger partial charge is 0.267 e. The summed E-state index contributed by atoms with van der Waals surface area (Å²) < 4.78 is 5.86. The van der Waals surface area contributed by atoms with Crippen LogP contribution < -0.4 is 15.4 Å². The molecule has 2 aromatic carbocycles. The lowest BCUT2D eigenvalue weighted by Crippen LogP contribution is -2.39. The fraction of sp³-hybridized carbons (Fsp3) is 0.296. The maximum atomic E-state index is 12.8. The van der Waals surface area contributed by atoms with E-state index in [0.717, 1.165) is 41.9 Å². The van der Waals surface area contributed by atoms with E-state index in [2.05, 4.69) is 37.5 Å². The van der Waals surface area contributed by atoms with Crippen LogP contribution in [0.2, 0.25) is 0 Å². The molecule has 1 unspecified atom stereocenters. The van der Waals surface area contributed by atoms with E-state index in [1.165, 1.54) is 12.7 Å². The first-order valence-corrected chi connectivity index (χ1v) is 12.0. The van der Waals surface area contributed by atoms with E-state index in [1.807, 2.05) is 54.6 Å². The van der Waals surface area contributed by atoms with Crippen molar-refractivity contribution in [2.45, 2.75) is 19.4 Å². The first-order chi connectivity index (χ1) is 17.1. The Morgan fingerprint density at radius 2 is 1.97 bits per heavy atom. The van der Waals surface area contributed by atoms with Gasteiger partial charge < -0.3 is 25.3 Å². The van der Waals surface area contributed by atoms with Crippen molar-refractivity contribution in [3.05, 3.63) is 78.2 Å². The van der Waals surface area contributed by atoms with Crippen molar-refractivity contribution in [2.24, 2.45) is 5.92 Å². The third-order valence-corrected chi connectivity index (χ3v) is 6.31. The van der Waals surface area contributed by atoms with Gasteiger partial charge >= 0.3 is 0 Å². The molecule has 3 N–H and O–H groups in total. The zero-order valence-corrected chi connectivity index (χ0v) is 19.8. The minimum Gasteiger partial charge on any atom is -0.489 e. The predicted octanol–water partition coefficient (Wildman–Crippen LogP) is 4.35. The van der Waals surface area contributed by atoms with E-state index < -0.39 is 0 Å². The van der Waals surface area contributed by atoms with Crippen LogP contribution in [0.1, 0.15) is 28.9 Å². The van der Waals surface area contributed by atoms with Gasteiger partial charge in [-0.1, -0.05) is 30.3 Å². The van der Waals surface area contributed by atoms with Gasteiger partial charge in [-0.05, 0) is 68.2 Å². The third-order valence-electron chi connectivity index (χ3n) is 6.31. The van der Waals surface area contributed by atoms with Gasteiger partial charge in [0.25, 0.3) is 5.91 Å². The van der Waals surface area contributed by atoms with Crippen LogP contribution in [-0.2, 0) is 6.61 Å². The second-order valence-electron chi connectivity index (χ2n) is 9.07. The number of carbonyl (C=O) groups excluding carboxylic acids is 1. The van der Waals surface area contributed by atoms with Crippen LogP contribution in [0.25, 0.3) is 11.0 Å². The highest BCUT2D eigenvalue weighted by molar-refractivity contribution is 6.00. The van der Waals surface area contributed by atoms with Crippen LogP contribution in [0.15, 0.2) is 67.0 Å². The molecule has 4 aromatic rings. The number of nitrogens with one attached hydrogen (secondary N) is 3. The SMILES string of the molecule is CN1CCCC(CNC(=O)c2cc3c(Nc4ccc(OCc5ccccc5)cc4)ncnc3[nH]2)C1. The average molecular weight is 471 g/mol. The molecule has 8 heteroatoms. The maximum Gasteiger partial charge on any atom is 0.267 e. The van der Waals surface area contributed by atoms with E-state index in [1.54, 1.807) is 6.07 Å². The van der Waals surface area contributed by atoms with Crippen molar-refractivity contribution in [1.29, 1.82) is 0 Å². The molecule has 1 fully saturated rings. The molecule has 1 aliphatic rings. The van der Waals surface area contributed by atoms with Crippen molar-refractivity contribution < 1.29 is 9.53 Å². The maximum absolute atomic E-state index is 12.8. The summed E-state index contributed by atoms with van der Waals surface area (Å²) in [7, 11) is 2.13. The van der Waals surface area contributed by atoms with Crippen LogP contribution in [0, 0.1) is 5.92 Å². The topological polar surface area (TPSA) is 95.2 Å². The lowest BCUT2D eigenvalue weighted by molar-refractivity contribution is 0.0932.